The summed E-state index contributed by atoms with van der Waals surface area (Å²) >= 11 is 7.74. The molecule has 22 heavy (non-hydrogen) atoms. The van der Waals surface area contributed by atoms with E-state index in [0.717, 1.165) is 28.5 Å². The molecule has 2 rings (SSSR count). The van der Waals surface area contributed by atoms with Gasteiger partial charge in [-0.05, 0) is 34.1 Å². The third kappa shape index (κ3) is 3.50. The molecule has 0 aliphatic rings. The lowest BCUT2D eigenvalue weighted by Gasteiger charge is -2.15. The first kappa shape index (κ1) is 17.0. The van der Waals surface area contributed by atoms with E-state index in [4.69, 9.17) is 11.6 Å². The number of carbonyl (C=O) groups excluding carboxylic acids is 1. The van der Waals surface area contributed by atoms with Gasteiger partial charge >= 0.3 is 0 Å². The highest BCUT2D eigenvalue weighted by molar-refractivity contribution is 7.11. The van der Waals surface area contributed by atoms with Gasteiger partial charge in [0.25, 0.3) is 0 Å². The molecule has 0 saturated carbocycles. The Morgan fingerprint density at radius 3 is 2.45 bits per heavy atom. The maximum absolute atomic E-state index is 12.3. The molecule has 2 heterocycles. The Bertz CT molecular complexity index is 673. The van der Waals surface area contributed by atoms with Crippen molar-refractivity contribution < 1.29 is 4.79 Å². The molecule has 0 saturated heterocycles. The highest BCUT2D eigenvalue weighted by Gasteiger charge is 2.19. The minimum Gasteiger partial charge on any atom is -0.345 e. The predicted molar refractivity (Wildman–Crippen MR) is 89.5 cm³/mol. The molecule has 1 unspecified atom stereocenters. The largest absolute Gasteiger partial charge is 0.345 e. The van der Waals surface area contributed by atoms with Crippen LogP contribution in [0.2, 0.25) is 5.02 Å². The van der Waals surface area contributed by atoms with E-state index in [1.54, 1.807) is 16.0 Å². The number of nitrogens with zero attached hydrogens (tertiary/aromatic N) is 3. The predicted octanol–water partition coefficient (Wildman–Crippen LogP) is 3.49. The van der Waals surface area contributed by atoms with Gasteiger partial charge in [-0.2, -0.15) is 5.10 Å². The van der Waals surface area contributed by atoms with Crippen LogP contribution in [-0.4, -0.2) is 20.7 Å². The second kappa shape index (κ2) is 6.79. The number of thiazole rings is 1. The Kier molecular flexibility index (Phi) is 5.24. The molecule has 0 aliphatic carbocycles. The highest BCUT2D eigenvalue weighted by Crippen LogP contribution is 2.25. The third-order valence-corrected chi connectivity index (χ3v) is 5.41. The molecule has 2 aromatic rings. The summed E-state index contributed by atoms with van der Waals surface area (Å²) in [6.07, 6.45) is 0.802. The van der Waals surface area contributed by atoms with Crippen molar-refractivity contribution >= 4 is 28.8 Å². The number of carbonyl (C=O) groups is 1. The summed E-state index contributed by atoms with van der Waals surface area (Å²) in [6, 6.07) is -0.0580. The van der Waals surface area contributed by atoms with Crippen LogP contribution in [0.4, 0.5) is 0 Å². The molecule has 120 valence electrons. The molecule has 7 heteroatoms. The molecule has 0 bridgehead atoms. The SMILES string of the molecule is CCC(NC(=O)Cn1nc(C)c(Cl)c1C)c1nc(C)c(C)s1. The van der Waals surface area contributed by atoms with Crippen molar-refractivity contribution in [2.75, 3.05) is 0 Å². The van der Waals surface area contributed by atoms with Crippen LogP contribution < -0.4 is 5.32 Å². The second-order valence-corrected chi connectivity index (χ2v) is 6.98. The maximum Gasteiger partial charge on any atom is 0.242 e. The molecule has 1 atom stereocenters. The van der Waals surface area contributed by atoms with E-state index in [1.165, 1.54) is 4.88 Å². The standard InChI is InChI=1S/C15H21ClN4OS/c1-6-12(15-17-8(2)11(5)22-15)18-13(21)7-20-10(4)14(16)9(3)19-20/h12H,6-7H2,1-5H3,(H,18,21). The molecule has 2 aromatic heterocycles. The quantitative estimate of drug-likeness (QED) is 0.906. The van der Waals surface area contributed by atoms with E-state index in [1.807, 2.05) is 34.6 Å². The monoisotopic (exact) mass is 340 g/mol. The van der Waals surface area contributed by atoms with Crippen molar-refractivity contribution in [3.63, 3.8) is 0 Å². The van der Waals surface area contributed by atoms with Crippen LogP contribution in [0.15, 0.2) is 0 Å². The molecular formula is C15H21ClN4OS. The molecule has 0 aromatic carbocycles. The number of halogens is 1. The van der Waals surface area contributed by atoms with Crippen molar-refractivity contribution in [2.24, 2.45) is 0 Å². The van der Waals surface area contributed by atoms with Crippen LogP contribution in [0.5, 0.6) is 0 Å². The molecule has 0 fully saturated rings. The number of aryl methyl sites for hydroxylation is 3. The number of amides is 1. The van der Waals surface area contributed by atoms with E-state index in [0.29, 0.717) is 5.02 Å². The zero-order valence-corrected chi connectivity index (χ0v) is 15.1. The van der Waals surface area contributed by atoms with Crippen molar-refractivity contribution in [3.05, 3.63) is 32.0 Å². The third-order valence-electron chi connectivity index (χ3n) is 3.67. The summed E-state index contributed by atoms with van der Waals surface area (Å²) in [4.78, 5) is 18.0. The summed E-state index contributed by atoms with van der Waals surface area (Å²) in [5, 5.41) is 8.89. The van der Waals surface area contributed by atoms with E-state index >= 15 is 0 Å². The summed E-state index contributed by atoms with van der Waals surface area (Å²) < 4.78 is 1.64. The van der Waals surface area contributed by atoms with Crippen LogP contribution >= 0.6 is 22.9 Å². The van der Waals surface area contributed by atoms with E-state index in [-0.39, 0.29) is 18.5 Å². The zero-order chi connectivity index (χ0) is 16.4. The van der Waals surface area contributed by atoms with Gasteiger partial charge in [-0.3, -0.25) is 9.48 Å². The lowest BCUT2D eigenvalue weighted by molar-refractivity contribution is -0.122. The van der Waals surface area contributed by atoms with Gasteiger partial charge in [-0.15, -0.1) is 11.3 Å². The topological polar surface area (TPSA) is 59.8 Å². The van der Waals surface area contributed by atoms with E-state index in [9.17, 15) is 4.79 Å². The van der Waals surface area contributed by atoms with Crippen LogP contribution in [0.3, 0.4) is 0 Å². The molecule has 0 radical (unpaired) electrons. The average Bonchev–Trinajstić information content (AvgIpc) is 2.92. The Balaban J connectivity index is 2.08. The molecule has 0 aliphatic heterocycles. The smallest absolute Gasteiger partial charge is 0.242 e. The van der Waals surface area contributed by atoms with Crippen LogP contribution in [0.25, 0.3) is 0 Å². The molecule has 5 nitrogen and oxygen atoms in total. The lowest BCUT2D eigenvalue weighted by atomic mass is 10.2. The maximum atomic E-state index is 12.3. The van der Waals surface area contributed by atoms with Gasteiger partial charge in [0.15, 0.2) is 0 Å². The van der Waals surface area contributed by atoms with E-state index < -0.39 is 0 Å². The lowest BCUT2D eigenvalue weighted by Crippen LogP contribution is -2.31. The van der Waals surface area contributed by atoms with Crippen LogP contribution in [0.1, 0.15) is 46.4 Å². The minimum absolute atomic E-state index is 0.0580. The first-order valence-electron chi connectivity index (χ1n) is 7.26. The number of hydrogen-bond acceptors (Lipinski definition) is 4. The van der Waals surface area contributed by atoms with E-state index in [2.05, 4.69) is 15.4 Å². The first-order valence-corrected chi connectivity index (χ1v) is 8.45. The van der Waals surface area contributed by atoms with Gasteiger partial charge < -0.3 is 5.32 Å². The summed E-state index contributed by atoms with van der Waals surface area (Å²) in [5.74, 6) is -0.0837. The fourth-order valence-corrected chi connectivity index (χ4v) is 3.38. The van der Waals surface area contributed by atoms with Gasteiger partial charge in [0, 0.05) is 4.88 Å². The second-order valence-electron chi connectivity index (χ2n) is 5.36. The van der Waals surface area contributed by atoms with Gasteiger partial charge in [0.1, 0.15) is 11.6 Å². The first-order chi connectivity index (χ1) is 10.3. The summed E-state index contributed by atoms with van der Waals surface area (Å²) in [5.41, 5.74) is 2.58. The summed E-state index contributed by atoms with van der Waals surface area (Å²) in [7, 11) is 0. The Labute approximate surface area is 139 Å². The Morgan fingerprint density at radius 1 is 1.32 bits per heavy atom. The molecule has 1 amide bonds. The number of aromatic nitrogens is 3. The van der Waals surface area contributed by atoms with Crippen molar-refractivity contribution in [1.82, 2.24) is 20.1 Å². The Hall–Kier alpha value is -1.40. The zero-order valence-electron chi connectivity index (χ0n) is 13.5. The minimum atomic E-state index is -0.0837. The summed E-state index contributed by atoms with van der Waals surface area (Å²) in [6.45, 7) is 9.93. The molecule has 0 spiro atoms. The molecule has 1 N–H and O–H groups in total. The molecular weight excluding hydrogens is 320 g/mol. The van der Waals surface area contributed by atoms with Gasteiger partial charge in [0.05, 0.1) is 28.1 Å². The Morgan fingerprint density at radius 2 is 2.00 bits per heavy atom. The van der Waals surface area contributed by atoms with Gasteiger partial charge in [-0.1, -0.05) is 18.5 Å². The van der Waals surface area contributed by atoms with Crippen LogP contribution in [-0.2, 0) is 11.3 Å². The number of nitrogens with one attached hydrogen (secondary N) is 1. The fraction of sp³-hybridized carbons (Fsp3) is 0.533. The number of hydrogen-bond donors (Lipinski definition) is 1. The van der Waals surface area contributed by atoms with Crippen molar-refractivity contribution in [3.8, 4) is 0 Å². The highest BCUT2D eigenvalue weighted by atomic mass is 35.5. The van der Waals surface area contributed by atoms with Gasteiger partial charge in [0.2, 0.25) is 5.91 Å². The fourth-order valence-electron chi connectivity index (χ4n) is 2.19. The van der Waals surface area contributed by atoms with Gasteiger partial charge in [-0.25, -0.2) is 4.98 Å². The average molecular weight is 341 g/mol. The van der Waals surface area contributed by atoms with Crippen molar-refractivity contribution in [2.45, 2.75) is 53.6 Å². The van der Waals surface area contributed by atoms with Crippen LogP contribution in [0, 0.1) is 27.7 Å². The normalized spacial score (nSPS) is 12.5. The van der Waals surface area contributed by atoms with Crippen molar-refractivity contribution in [1.29, 1.82) is 0 Å². The number of rotatable bonds is 5.